The fourth-order valence-corrected chi connectivity index (χ4v) is 2.14. The molecule has 0 bridgehead atoms. The lowest BCUT2D eigenvalue weighted by atomic mass is 9.99. The van der Waals surface area contributed by atoms with Crippen molar-refractivity contribution in [2.75, 3.05) is 7.05 Å². The number of benzene rings is 2. The minimum absolute atomic E-state index is 0.159. The summed E-state index contributed by atoms with van der Waals surface area (Å²) in [5.74, 6) is -1.66. The molecule has 94 valence electrons. The molecule has 2 aromatic carbocycles. The zero-order chi connectivity index (χ0) is 13.1. The monoisotopic (exact) mass is 311 g/mol. The molecule has 0 amide bonds. The Bertz CT molecular complexity index is 540. The molecule has 0 aliphatic rings. The summed E-state index contributed by atoms with van der Waals surface area (Å²) in [6.07, 6.45) is 0. The molecule has 2 rings (SSSR count). The second kappa shape index (κ2) is 5.59. The van der Waals surface area contributed by atoms with E-state index in [0.29, 0.717) is 5.56 Å². The third-order valence-electron chi connectivity index (χ3n) is 2.77. The van der Waals surface area contributed by atoms with E-state index in [1.807, 2.05) is 24.3 Å². The molecular weight excluding hydrogens is 300 g/mol. The van der Waals surface area contributed by atoms with E-state index in [-0.39, 0.29) is 6.04 Å². The Balaban J connectivity index is 2.38. The van der Waals surface area contributed by atoms with Crippen molar-refractivity contribution in [3.63, 3.8) is 0 Å². The Morgan fingerprint density at radius 1 is 0.944 bits per heavy atom. The first kappa shape index (κ1) is 13.2. The van der Waals surface area contributed by atoms with Crippen LogP contribution in [0, 0.1) is 11.6 Å². The smallest absolute Gasteiger partial charge is 0.159 e. The van der Waals surface area contributed by atoms with Gasteiger partial charge in [0.25, 0.3) is 0 Å². The molecule has 1 unspecified atom stereocenters. The molecule has 18 heavy (non-hydrogen) atoms. The van der Waals surface area contributed by atoms with Gasteiger partial charge in [-0.3, -0.25) is 0 Å². The summed E-state index contributed by atoms with van der Waals surface area (Å²) < 4.78 is 27.1. The molecule has 0 saturated heterocycles. The van der Waals surface area contributed by atoms with Gasteiger partial charge in [0.2, 0.25) is 0 Å². The second-order valence-corrected chi connectivity index (χ2v) is 4.86. The molecule has 0 aromatic heterocycles. The molecule has 1 atom stereocenters. The van der Waals surface area contributed by atoms with Gasteiger partial charge in [-0.2, -0.15) is 0 Å². The lowest BCUT2D eigenvalue weighted by Crippen LogP contribution is -2.17. The Hall–Kier alpha value is -1.26. The number of nitrogens with one attached hydrogen (secondary N) is 1. The highest BCUT2D eigenvalue weighted by atomic mass is 79.9. The molecule has 4 heteroatoms. The van der Waals surface area contributed by atoms with Gasteiger partial charge in [0.05, 0.1) is 6.04 Å². The molecule has 0 aliphatic carbocycles. The lowest BCUT2D eigenvalue weighted by molar-refractivity contribution is 0.505. The van der Waals surface area contributed by atoms with Crippen LogP contribution < -0.4 is 5.32 Å². The van der Waals surface area contributed by atoms with Crippen LogP contribution in [-0.2, 0) is 0 Å². The van der Waals surface area contributed by atoms with Crippen molar-refractivity contribution < 1.29 is 8.78 Å². The number of hydrogen-bond acceptors (Lipinski definition) is 1. The number of hydrogen-bond donors (Lipinski definition) is 1. The zero-order valence-electron chi connectivity index (χ0n) is 9.75. The first-order chi connectivity index (χ1) is 8.61. The average molecular weight is 312 g/mol. The van der Waals surface area contributed by atoms with E-state index in [1.165, 1.54) is 6.07 Å². The Morgan fingerprint density at radius 3 is 2.11 bits per heavy atom. The summed E-state index contributed by atoms with van der Waals surface area (Å²) >= 11 is 3.36. The summed E-state index contributed by atoms with van der Waals surface area (Å²) in [7, 11) is 1.79. The quantitative estimate of drug-likeness (QED) is 0.902. The van der Waals surface area contributed by atoms with Gasteiger partial charge in [-0.05, 0) is 42.4 Å². The Kier molecular flexibility index (Phi) is 4.09. The summed E-state index contributed by atoms with van der Waals surface area (Å²) in [5, 5.41) is 3.10. The van der Waals surface area contributed by atoms with Crippen LogP contribution in [0.4, 0.5) is 8.78 Å². The van der Waals surface area contributed by atoms with Crippen molar-refractivity contribution >= 4 is 15.9 Å². The third-order valence-corrected chi connectivity index (χ3v) is 3.30. The first-order valence-electron chi connectivity index (χ1n) is 5.49. The van der Waals surface area contributed by atoms with Gasteiger partial charge in [0, 0.05) is 4.47 Å². The van der Waals surface area contributed by atoms with Crippen LogP contribution in [0.25, 0.3) is 0 Å². The summed E-state index contributed by atoms with van der Waals surface area (Å²) in [4.78, 5) is 0. The van der Waals surface area contributed by atoms with E-state index in [0.717, 1.165) is 16.1 Å². The van der Waals surface area contributed by atoms with E-state index in [9.17, 15) is 8.78 Å². The molecular formula is C14H12BrF2N. The molecule has 1 N–H and O–H groups in total. The van der Waals surface area contributed by atoms with Crippen molar-refractivity contribution in [3.05, 3.63) is 69.7 Å². The van der Waals surface area contributed by atoms with Crippen molar-refractivity contribution in [2.24, 2.45) is 0 Å². The van der Waals surface area contributed by atoms with Gasteiger partial charge in [-0.25, -0.2) is 8.78 Å². The lowest BCUT2D eigenvalue weighted by Gasteiger charge is -2.17. The highest BCUT2D eigenvalue weighted by molar-refractivity contribution is 9.10. The topological polar surface area (TPSA) is 12.0 Å². The Morgan fingerprint density at radius 2 is 1.56 bits per heavy atom. The summed E-state index contributed by atoms with van der Waals surface area (Å²) in [6, 6.07) is 11.5. The summed E-state index contributed by atoms with van der Waals surface area (Å²) in [6.45, 7) is 0. The van der Waals surface area contributed by atoms with E-state index >= 15 is 0 Å². The van der Waals surface area contributed by atoms with Crippen LogP contribution in [0.2, 0.25) is 0 Å². The Labute approximate surface area is 113 Å². The number of rotatable bonds is 3. The molecule has 0 radical (unpaired) electrons. The van der Waals surface area contributed by atoms with Crippen LogP contribution in [0.15, 0.2) is 46.9 Å². The standard InChI is InChI=1S/C14H12BrF2N/c1-18-14(9-2-5-11(15)6-3-9)10-4-7-12(16)13(17)8-10/h2-8,14,18H,1H3. The predicted molar refractivity (Wildman–Crippen MR) is 71.4 cm³/mol. The first-order valence-corrected chi connectivity index (χ1v) is 6.29. The van der Waals surface area contributed by atoms with Gasteiger partial charge in [0.1, 0.15) is 0 Å². The molecule has 0 aliphatic heterocycles. The van der Waals surface area contributed by atoms with Gasteiger partial charge in [-0.15, -0.1) is 0 Å². The van der Waals surface area contributed by atoms with Crippen LogP contribution in [0.5, 0.6) is 0 Å². The van der Waals surface area contributed by atoms with E-state index < -0.39 is 11.6 Å². The van der Waals surface area contributed by atoms with E-state index in [1.54, 1.807) is 13.1 Å². The highest BCUT2D eigenvalue weighted by Crippen LogP contribution is 2.24. The maximum atomic E-state index is 13.2. The van der Waals surface area contributed by atoms with Gasteiger partial charge in [0.15, 0.2) is 11.6 Å². The normalized spacial score (nSPS) is 12.4. The molecule has 1 nitrogen and oxygen atoms in total. The summed E-state index contributed by atoms with van der Waals surface area (Å²) in [5.41, 5.74) is 1.69. The fraction of sp³-hybridized carbons (Fsp3) is 0.143. The minimum Gasteiger partial charge on any atom is -0.309 e. The van der Waals surface area contributed by atoms with Crippen LogP contribution in [-0.4, -0.2) is 7.05 Å². The van der Waals surface area contributed by atoms with Crippen LogP contribution in [0.1, 0.15) is 17.2 Å². The molecule has 0 saturated carbocycles. The van der Waals surface area contributed by atoms with Gasteiger partial charge >= 0.3 is 0 Å². The SMILES string of the molecule is CNC(c1ccc(Br)cc1)c1ccc(F)c(F)c1. The highest BCUT2D eigenvalue weighted by Gasteiger charge is 2.13. The molecule has 2 aromatic rings. The fourth-order valence-electron chi connectivity index (χ4n) is 1.87. The average Bonchev–Trinajstić information content (AvgIpc) is 2.37. The number of halogens is 3. The van der Waals surface area contributed by atoms with E-state index in [4.69, 9.17) is 0 Å². The second-order valence-electron chi connectivity index (χ2n) is 3.95. The maximum absolute atomic E-state index is 13.2. The van der Waals surface area contributed by atoms with Crippen molar-refractivity contribution in [2.45, 2.75) is 6.04 Å². The van der Waals surface area contributed by atoms with Crippen LogP contribution >= 0.6 is 15.9 Å². The largest absolute Gasteiger partial charge is 0.309 e. The van der Waals surface area contributed by atoms with E-state index in [2.05, 4.69) is 21.2 Å². The maximum Gasteiger partial charge on any atom is 0.159 e. The zero-order valence-corrected chi connectivity index (χ0v) is 11.3. The van der Waals surface area contributed by atoms with Crippen molar-refractivity contribution in [1.82, 2.24) is 5.32 Å². The van der Waals surface area contributed by atoms with Gasteiger partial charge < -0.3 is 5.32 Å². The van der Waals surface area contributed by atoms with Crippen molar-refractivity contribution in [1.29, 1.82) is 0 Å². The van der Waals surface area contributed by atoms with Gasteiger partial charge in [-0.1, -0.05) is 34.1 Å². The molecule has 0 heterocycles. The molecule has 0 spiro atoms. The minimum atomic E-state index is -0.829. The molecule has 0 fully saturated rings. The third kappa shape index (κ3) is 2.76. The predicted octanol–water partition coefficient (Wildman–Crippen LogP) is 4.04. The van der Waals surface area contributed by atoms with Crippen LogP contribution in [0.3, 0.4) is 0 Å². The van der Waals surface area contributed by atoms with Crippen molar-refractivity contribution in [3.8, 4) is 0 Å².